The molecule has 1 N–H and O–H groups in total. The van der Waals surface area contributed by atoms with Crippen LogP contribution in [0.4, 0.5) is 0 Å². The molecule has 3 aromatic heterocycles. The summed E-state index contributed by atoms with van der Waals surface area (Å²) in [5.41, 5.74) is 8.62. The van der Waals surface area contributed by atoms with Gasteiger partial charge in [0.1, 0.15) is 0 Å². The quantitative estimate of drug-likeness (QED) is 0.605. The van der Waals surface area contributed by atoms with Crippen molar-refractivity contribution >= 4 is 0 Å². The first-order chi connectivity index (χ1) is 13.3. The molecule has 0 aliphatic heterocycles. The number of hydrogen-bond acceptors (Lipinski definition) is 5. The largest absolute Gasteiger partial charge is 0.262 e. The van der Waals surface area contributed by atoms with Gasteiger partial charge in [-0.15, -0.1) is 10.2 Å². The molecule has 0 amide bonds. The smallest absolute Gasteiger partial charge is 0.207 e. The molecule has 3 heterocycles. The second kappa shape index (κ2) is 6.39. The lowest BCUT2D eigenvalue weighted by atomic mass is 9.90. The highest BCUT2D eigenvalue weighted by molar-refractivity contribution is 5.92. The van der Waals surface area contributed by atoms with Crippen LogP contribution in [0.2, 0.25) is 0 Å². The molecule has 0 bridgehead atoms. The van der Waals surface area contributed by atoms with Gasteiger partial charge in [-0.1, -0.05) is 30.3 Å². The van der Waals surface area contributed by atoms with E-state index < -0.39 is 0 Å². The predicted octanol–water partition coefficient (Wildman–Crippen LogP) is 3.79. The molecular formula is C21H18N6. The van der Waals surface area contributed by atoms with Gasteiger partial charge in [-0.25, -0.2) is 0 Å². The molecule has 1 aliphatic rings. The van der Waals surface area contributed by atoms with Crippen molar-refractivity contribution in [3.8, 4) is 33.8 Å². The average Bonchev–Trinajstić information content (AvgIpc) is 3.39. The van der Waals surface area contributed by atoms with Gasteiger partial charge in [0.15, 0.2) is 0 Å². The summed E-state index contributed by atoms with van der Waals surface area (Å²) in [4.78, 5) is 9.42. The molecular weight excluding hydrogens is 336 g/mol. The Kier molecular flexibility index (Phi) is 3.74. The Morgan fingerprint density at radius 3 is 2.63 bits per heavy atom. The van der Waals surface area contributed by atoms with Crippen molar-refractivity contribution in [1.29, 1.82) is 0 Å². The van der Waals surface area contributed by atoms with E-state index in [1.165, 1.54) is 11.3 Å². The molecule has 0 saturated carbocycles. The van der Waals surface area contributed by atoms with Gasteiger partial charge in [-0.3, -0.25) is 9.97 Å². The fourth-order valence-electron chi connectivity index (χ4n) is 3.89. The number of pyridine rings is 2. The molecule has 0 spiro atoms. The van der Waals surface area contributed by atoms with Crippen molar-refractivity contribution in [1.82, 2.24) is 30.6 Å². The van der Waals surface area contributed by atoms with Crippen LogP contribution in [0.15, 0.2) is 48.7 Å². The summed E-state index contributed by atoms with van der Waals surface area (Å²) in [5, 5.41) is 15.0. The first-order valence-electron chi connectivity index (χ1n) is 9.09. The van der Waals surface area contributed by atoms with E-state index in [0.717, 1.165) is 52.9 Å². The highest BCUT2D eigenvalue weighted by atomic mass is 15.5. The number of fused-ring (bicyclic) bond motifs is 1. The number of aromatic amines is 1. The number of rotatable bonds is 3. The van der Waals surface area contributed by atoms with Crippen molar-refractivity contribution in [2.45, 2.75) is 26.2 Å². The minimum absolute atomic E-state index is 0.570. The number of aryl methyl sites for hydroxylation is 2. The van der Waals surface area contributed by atoms with Crippen LogP contribution in [0.3, 0.4) is 0 Å². The van der Waals surface area contributed by atoms with Gasteiger partial charge >= 0.3 is 0 Å². The van der Waals surface area contributed by atoms with Crippen LogP contribution in [0.1, 0.15) is 23.4 Å². The molecule has 27 heavy (non-hydrogen) atoms. The van der Waals surface area contributed by atoms with Crippen molar-refractivity contribution in [3.05, 3.63) is 65.6 Å². The lowest BCUT2D eigenvalue weighted by Crippen LogP contribution is -2.02. The number of nitrogens with zero attached hydrogens (tertiary/aromatic N) is 5. The molecule has 0 radical (unpaired) electrons. The van der Waals surface area contributed by atoms with Gasteiger partial charge in [0.2, 0.25) is 5.82 Å². The van der Waals surface area contributed by atoms with Crippen LogP contribution in [0.25, 0.3) is 33.8 Å². The zero-order chi connectivity index (χ0) is 18.2. The van der Waals surface area contributed by atoms with E-state index >= 15 is 0 Å². The minimum Gasteiger partial charge on any atom is -0.262 e. The Morgan fingerprint density at radius 2 is 1.85 bits per heavy atom. The van der Waals surface area contributed by atoms with Crippen LogP contribution < -0.4 is 0 Å². The Hall–Kier alpha value is -3.41. The maximum atomic E-state index is 5.05. The second-order valence-electron chi connectivity index (χ2n) is 6.78. The van der Waals surface area contributed by atoms with Gasteiger partial charge in [0, 0.05) is 28.7 Å². The van der Waals surface area contributed by atoms with E-state index in [1.807, 2.05) is 31.3 Å². The summed E-state index contributed by atoms with van der Waals surface area (Å²) >= 11 is 0. The summed E-state index contributed by atoms with van der Waals surface area (Å²) in [7, 11) is 0. The summed E-state index contributed by atoms with van der Waals surface area (Å²) in [6.45, 7) is 2.01. The standard InChI is InChI=1S/C21H18N6/c1-13-12-15(10-11-22-13)18-16-8-5-9-17(16)23-20(14-6-3-2-4-7-14)19(18)21-24-26-27-25-21/h2-4,6-7,10-12H,5,8-9H2,1H3,(H,24,25,26,27). The van der Waals surface area contributed by atoms with Crippen molar-refractivity contribution in [3.63, 3.8) is 0 Å². The van der Waals surface area contributed by atoms with Gasteiger partial charge in [0.25, 0.3) is 0 Å². The molecule has 0 unspecified atom stereocenters. The highest BCUT2D eigenvalue weighted by Crippen LogP contribution is 2.43. The second-order valence-corrected chi connectivity index (χ2v) is 6.78. The van der Waals surface area contributed by atoms with Gasteiger partial charge in [0.05, 0.1) is 11.3 Å². The highest BCUT2D eigenvalue weighted by Gasteiger charge is 2.27. The van der Waals surface area contributed by atoms with Gasteiger partial charge in [-0.2, -0.15) is 5.21 Å². The number of nitrogens with one attached hydrogen (secondary N) is 1. The van der Waals surface area contributed by atoms with Gasteiger partial charge in [-0.05, 0) is 54.7 Å². The Bertz CT molecular complexity index is 1100. The first kappa shape index (κ1) is 15.8. The molecule has 6 heteroatoms. The maximum Gasteiger partial charge on any atom is 0.207 e. The van der Waals surface area contributed by atoms with E-state index in [-0.39, 0.29) is 0 Å². The van der Waals surface area contributed by atoms with Crippen LogP contribution in [-0.2, 0) is 12.8 Å². The van der Waals surface area contributed by atoms with E-state index in [0.29, 0.717) is 5.82 Å². The zero-order valence-corrected chi connectivity index (χ0v) is 15.0. The third-order valence-corrected chi connectivity index (χ3v) is 5.03. The number of hydrogen-bond donors (Lipinski definition) is 1. The Balaban J connectivity index is 1.90. The van der Waals surface area contributed by atoms with E-state index in [2.05, 4.69) is 49.9 Å². The number of benzene rings is 1. The Labute approximate surface area is 156 Å². The Morgan fingerprint density at radius 1 is 0.963 bits per heavy atom. The molecule has 1 aliphatic carbocycles. The zero-order valence-electron chi connectivity index (χ0n) is 15.0. The molecule has 0 atom stereocenters. The molecule has 5 rings (SSSR count). The third kappa shape index (κ3) is 2.70. The molecule has 4 aromatic rings. The van der Waals surface area contributed by atoms with Crippen molar-refractivity contribution in [2.75, 3.05) is 0 Å². The maximum absolute atomic E-state index is 5.05. The minimum atomic E-state index is 0.570. The first-order valence-corrected chi connectivity index (χ1v) is 9.09. The predicted molar refractivity (Wildman–Crippen MR) is 103 cm³/mol. The topological polar surface area (TPSA) is 80.2 Å². The lowest BCUT2D eigenvalue weighted by Gasteiger charge is -2.17. The molecule has 1 aromatic carbocycles. The molecule has 0 fully saturated rings. The van der Waals surface area contributed by atoms with Crippen LogP contribution in [0.5, 0.6) is 0 Å². The third-order valence-electron chi connectivity index (χ3n) is 5.03. The van der Waals surface area contributed by atoms with E-state index in [9.17, 15) is 0 Å². The normalized spacial score (nSPS) is 12.9. The van der Waals surface area contributed by atoms with Gasteiger partial charge < -0.3 is 0 Å². The fourth-order valence-corrected chi connectivity index (χ4v) is 3.89. The molecule has 0 saturated heterocycles. The lowest BCUT2D eigenvalue weighted by molar-refractivity contribution is 0.881. The van der Waals surface area contributed by atoms with Crippen LogP contribution >= 0.6 is 0 Å². The van der Waals surface area contributed by atoms with Crippen molar-refractivity contribution in [2.24, 2.45) is 0 Å². The molecule has 132 valence electrons. The van der Waals surface area contributed by atoms with Crippen LogP contribution in [0, 0.1) is 6.92 Å². The number of tetrazole rings is 1. The molecule has 6 nitrogen and oxygen atoms in total. The van der Waals surface area contributed by atoms with E-state index in [1.54, 1.807) is 0 Å². The summed E-state index contributed by atoms with van der Waals surface area (Å²) < 4.78 is 0. The van der Waals surface area contributed by atoms with E-state index in [4.69, 9.17) is 4.98 Å². The number of H-pyrrole nitrogens is 1. The summed E-state index contributed by atoms with van der Waals surface area (Å²) in [6, 6.07) is 14.4. The monoisotopic (exact) mass is 354 g/mol. The summed E-state index contributed by atoms with van der Waals surface area (Å²) in [5.74, 6) is 0.570. The summed E-state index contributed by atoms with van der Waals surface area (Å²) in [6.07, 6.45) is 4.98. The number of aromatic nitrogens is 6. The van der Waals surface area contributed by atoms with Crippen molar-refractivity contribution < 1.29 is 0 Å². The van der Waals surface area contributed by atoms with Crippen LogP contribution in [-0.4, -0.2) is 30.6 Å². The fraction of sp³-hybridized carbons (Fsp3) is 0.190. The average molecular weight is 354 g/mol. The SMILES string of the molecule is Cc1cc(-c2c3c(nc(-c4ccccc4)c2-c2nn[nH]n2)CCC3)ccn1.